The lowest BCUT2D eigenvalue weighted by Gasteiger charge is -2.34. The summed E-state index contributed by atoms with van der Waals surface area (Å²) < 4.78 is 6.02. The van der Waals surface area contributed by atoms with Crippen molar-refractivity contribution in [2.45, 2.75) is 31.6 Å². The van der Waals surface area contributed by atoms with Gasteiger partial charge in [0, 0.05) is 24.2 Å². The molecule has 0 aromatic heterocycles. The number of carbonyl (C=O) groups excluding carboxylic acids is 1. The number of allylic oxidation sites excluding steroid dienone is 1. The summed E-state index contributed by atoms with van der Waals surface area (Å²) in [4.78, 5) is 15.5. The highest BCUT2D eigenvalue weighted by Crippen LogP contribution is 2.45. The Morgan fingerprint density at radius 1 is 0.800 bits per heavy atom. The van der Waals surface area contributed by atoms with Gasteiger partial charge in [0.25, 0.3) is 0 Å². The van der Waals surface area contributed by atoms with E-state index in [1.54, 1.807) is 11.1 Å². The maximum Gasteiger partial charge on any atom is 0.234 e. The van der Waals surface area contributed by atoms with Crippen molar-refractivity contribution in [3.63, 3.8) is 0 Å². The Bertz CT molecular complexity index is 822. The third kappa shape index (κ3) is 2.55. The summed E-state index contributed by atoms with van der Waals surface area (Å²) in [6, 6.07) is 15.9. The molecule has 2 aromatic carbocycles. The molecule has 0 radical (unpaired) electrons. The quantitative estimate of drug-likeness (QED) is 0.713. The first-order chi connectivity index (χ1) is 12.3. The van der Waals surface area contributed by atoms with Gasteiger partial charge >= 0.3 is 0 Å². The van der Waals surface area contributed by atoms with Gasteiger partial charge in [0.1, 0.15) is 11.5 Å². The third-order valence-electron chi connectivity index (χ3n) is 5.61. The van der Waals surface area contributed by atoms with Crippen LogP contribution in [0.4, 0.5) is 0 Å². The lowest BCUT2D eigenvalue weighted by atomic mass is 9.86. The lowest BCUT2D eigenvalue weighted by molar-refractivity contribution is -0.132. The molecule has 0 bridgehead atoms. The molecule has 0 spiro atoms. The number of hydrogen-bond acceptors (Lipinski definition) is 2. The molecule has 2 aromatic rings. The van der Waals surface area contributed by atoms with Crippen LogP contribution in [0.5, 0.6) is 11.5 Å². The van der Waals surface area contributed by atoms with Gasteiger partial charge in [-0.3, -0.25) is 4.79 Å². The van der Waals surface area contributed by atoms with E-state index in [2.05, 4.69) is 4.90 Å². The fraction of sp³-hybridized carbons (Fsp3) is 0.318. The maximum atomic E-state index is 13.4. The molecule has 3 aliphatic rings. The van der Waals surface area contributed by atoms with E-state index in [9.17, 15) is 4.79 Å². The monoisotopic (exact) mass is 331 g/mol. The number of benzene rings is 2. The standard InChI is InChI=1S/C22H21NO2/c24-22(23-13-11-16(12-14-23)15-9-10-15)21-17-5-1-3-7-19(17)25-20-8-4-2-6-18(20)21/h1-8,21H,9-14H2. The number of rotatable bonds is 1. The van der Waals surface area contributed by atoms with E-state index < -0.39 is 0 Å². The molecule has 126 valence electrons. The number of nitrogens with zero attached hydrogens (tertiary/aromatic N) is 1. The molecule has 1 saturated heterocycles. The Hall–Kier alpha value is -2.55. The van der Waals surface area contributed by atoms with Crippen molar-refractivity contribution in [3.8, 4) is 11.5 Å². The first kappa shape index (κ1) is 14.8. The first-order valence-electron chi connectivity index (χ1n) is 9.15. The van der Waals surface area contributed by atoms with E-state index in [4.69, 9.17) is 4.74 Å². The fourth-order valence-corrected chi connectivity index (χ4v) is 4.13. The van der Waals surface area contributed by atoms with Crippen molar-refractivity contribution in [1.29, 1.82) is 0 Å². The van der Waals surface area contributed by atoms with Gasteiger partial charge in [0.15, 0.2) is 0 Å². The molecule has 2 heterocycles. The molecule has 0 unspecified atom stereocenters. The zero-order chi connectivity index (χ0) is 16.8. The molecule has 2 aliphatic heterocycles. The van der Waals surface area contributed by atoms with E-state index in [1.807, 2.05) is 48.5 Å². The molecule has 5 rings (SSSR count). The minimum Gasteiger partial charge on any atom is -0.457 e. The number of piperidine rings is 1. The zero-order valence-electron chi connectivity index (χ0n) is 14.2. The smallest absolute Gasteiger partial charge is 0.234 e. The van der Waals surface area contributed by atoms with Gasteiger partial charge in [-0.25, -0.2) is 0 Å². The Kier molecular flexibility index (Phi) is 3.40. The molecule has 0 N–H and O–H groups in total. The SMILES string of the molecule is O=C(C1c2ccccc2Oc2ccccc21)N1CCC(=C2CC2)CC1. The van der Waals surface area contributed by atoms with E-state index in [1.165, 1.54) is 12.8 Å². The second-order valence-electron chi connectivity index (χ2n) is 7.14. The van der Waals surface area contributed by atoms with Crippen molar-refractivity contribution >= 4 is 5.91 Å². The van der Waals surface area contributed by atoms with E-state index >= 15 is 0 Å². The van der Waals surface area contributed by atoms with Crippen molar-refractivity contribution in [2.24, 2.45) is 0 Å². The van der Waals surface area contributed by atoms with Gasteiger partial charge in [-0.05, 0) is 37.8 Å². The zero-order valence-corrected chi connectivity index (χ0v) is 14.2. The number of likely N-dealkylation sites (tertiary alicyclic amines) is 1. The number of carbonyl (C=O) groups is 1. The molecule has 3 heteroatoms. The minimum atomic E-state index is -0.253. The average molecular weight is 331 g/mol. The van der Waals surface area contributed by atoms with Gasteiger partial charge in [-0.15, -0.1) is 0 Å². The number of ether oxygens (including phenoxy) is 1. The van der Waals surface area contributed by atoms with E-state index in [-0.39, 0.29) is 11.8 Å². The maximum absolute atomic E-state index is 13.4. The summed E-state index contributed by atoms with van der Waals surface area (Å²) in [6.07, 6.45) is 4.66. The van der Waals surface area contributed by atoms with Crippen LogP contribution in [0.25, 0.3) is 0 Å². The molecule has 1 amide bonds. The highest BCUT2D eigenvalue weighted by atomic mass is 16.5. The van der Waals surface area contributed by atoms with Gasteiger partial charge in [0.2, 0.25) is 5.91 Å². The van der Waals surface area contributed by atoms with Crippen LogP contribution in [-0.2, 0) is 4.79 Å². The summed E-state index contributed by atoms with van der Waals surface area (Å²) in [6.45, 7) is 1.69. The molecule has 2 fully saturated rings. The van der Waals surface area contributed by atoms with Crippen molar-refractivity contribution in [1.82, 2.24) is 4.90 Å². The Balaban J connectivity index is 1.48. The predicted molar refractivity (Wildman–Crippen MR) is 96.9 cm³/mol. The molecular formula is C22H21NO2. The molecule has 1 aliphatic carbocycles. The number of fused-ring (bicyclic) bond motifs is 2. The normalized spacial score (nSPS) is 19.1. The molecule has 3 nitrogen and oxygen atoms in total. The summed E-state index contributed by atoms with van der Waals surface area (Å²) in [5.74, 6) is 1.56. The second-order valence-corrected chi connectivity index (χ2v) is 7.14. The topological polar surface area (TPSA) is 29.5 Å². The number of para-hydroxylation sites is 2. The predicted octanol–water partition coefficient (Wildman–Crippen LogP) is 4.64. The van der Waals surface area contributed by atoms with Crippen LogP contribution < -0.4 is 4.74 Å². The average Bonchev–Trinajstić information content (AvgIpc) is 3.51. The Morgan fingerprint density at radius 3 is 1.88 bits per heavy atom. The van der Waals surface area contributed by atoms with Gasteiger partial charge < -0.3 is 9.64 Å². The van der Waals surface area contributed by atoms with Gasteiger partial charge in [0.05, 0.1) is 5.92 Å². The fourth-order valence-electron chi connectivity index (χ4n) is 4.13. The van der Waals surface area contributed by atoms with Crippen LogP contribution >= 0.6 is 0 Å². The van der Waals surface area contributed by atoms with Gasteiger partial charge in [-0.1, -0.05) is 47.5 Å². The summed E-state index contributed by atoms with van der Waals surface area (Å²) in [5, 5.41) is 0. The van der Waals surface area contributed by atoms with Crippen molar-refractivity contribution in [3.05, 3.63) is 70.8 Å². The van der Waals surface area contributed by atoms with Crippen molar-refractivity contribution in [2.75, 3.05) is 13.1 Å². The lowest BCUT2D eigenvalue weighted by Crippen LogP contribution is -2.40. The number of hydrogen-bond donors (Lipinski definition) is 0. The van der Waals surface area contributed by atoms with Crippen molar-refractivity contribution < 1.29 is 9.53 Å². The van der Waals surface area contributed by atoms with Crippen LogP contribution in [0.15, 0.2) is 59.7 Å². The molecule has 1 saturated carbocycles. The van der Waals surface area contributed by atoms with Crippen LogP contribution in [0.1, 0.15) is 42.7 Å². The molecular weight excluding hydrogens is 310 g/mol. The summed E-state index contributed by atoms with van der Waals surface area (Å²) >= 11 is 0. The molecule has 0 atom stereocenters. The summed E-state index contributed by atoms with van der Waals surface area (Å²) in [5.41, 5.74) is 5.22. The van der Waals surface area contributed by atoms with Crippen LogP contribution in [0.2, 0.25) is 0 Å². The second kappa shape index (κ2) is 5.76. The Labute approximate surface area is 147 Å². The highest BCUT2D eigenvalue weighted by Gasteiger charge is 2.36. The first-order valence-corrected chi connectivity index (χ1v) is 9.15. The van der Waals surface area contributed by atoms with Crippen LogP contribution in [0.3, 0.4) is 0 Å². The Morgan fingerprint density at radius 2 is 1.32 bits per heavy atom. The third-order valence-corrected chi connectivity index (χ3v) is 5.61. The van der Waals surface area contributed by atoms with Crippen LogP contribution in [0, 0.1) is 0 Å². The number of amides is 1. The minimum absolute atomic E-state index is 0.211. The summed E-state index contributed by atoms with van der Waals surface area (Å²) in [7, 11) is 0. The van der Waals surface area contributed by atoms with Crippen LogP contribution in [-0.4, -0.2) is 23.9 Å². The van der Waals surface area contributed by atoms with Gasteiger partial charge in [-0.2, -0.15) is 0 Å². The van der Waals surface area contributed by atoms with E-state index in [0.717, 1.165) is 48.6 Å². The highest BCUT2D eigenvalue weighted by molar-refractivity contribution is 5.89. The molecule has 25 heavy (non-hydrogen) atoms. The largest absolute Gasteiger partial charge is 0.457 e. The van der Waals surface area contributed by atoms with E-state index in [0.29, 0.717) is 0 Å².